The molecule has 6 heteroatoms. The summed E-state index contributed by atoms with van der Waals surface area (Å²) in [5.41, 5.74) is 7.64. The molecule has 1 heterocycles. The standard InChI is InChI=1S/C13H15ClN4O/c1-9-2-3-10(14)6-12(9)13(19)16-4-5-18-8-11(15)7-17-18/h2-3,6-8H,4-5,15H2,1H3,(H,16,19). The van der Waals surface area contributed by atoms with E-state index in [4.69, 9.17) is 17.3 Å². The third kappa shape index (κ3) is 3.48. The van der Waals surface area contributed by atoms with E-state index in [1.807, 2.05) is 13.0 Å². The van der Waals surface area contributed by atoms with Crippen molar-refractivity contribution in [2.75, 3.05) is 12.3 Å². The van der Waals surface area contributed by atoms with Crippen molar-refractivity contribution >= 4 is 23.2 Å². The molecule has 0 unspecified atom stereocenters. The molecular formula is C13H15ClN4O. The highest BCUT2D eigenvalue weighted by atomic mass is 35.5. The molecule has 0 spiro atoms. The lowest BCUT2D eigenvalue weighted by Crippen LogP contribution is -2.27. The van der Waals surface area contributed by atoms with Gasteiger partial charge in [0.05, 0.1) is 18.4 Å². The van der Waals surface area contributed by atoms with Gasteiger partial charge < -0.3 is 11.1 Å². The Hall–Kier alpha value is -2.01. The Bertz CT molecular complexity index is 594. The van der Waals surface area contributed by atoms with Gasteiger partial charge >= 0.3 is 0 Å². The van der Waals surface area contributed by atoms with Gasteiger partial charge in [0.2, 0.25) is 0 Å². The van der Waals surface area contributed by atoms with Crippen molar-refractivity contribution in [1.29, 1.82) is 0 Å². The first-order chi connectivity index (χ1) is 9.06. The fourth-order valence-electron chi connectivity index (χ4n) is 1.72. The van der Waals surface area contributed by atoms with Crippen LogP contribution in [0.25, 0.3) is 0 Å². The van der Waals surface area contributed by atoms with Gasteiger partial charge in [0.15, 0.2) is 0 Å². The van der Waals surface area contributed by atoms with Crippen molar-refractivity contribution in [2.24, 2.45) is 0 Å². The number of nitrogens with zero attached hydrogens (tertiary/aromatic N) is 2. The molecule has 0 aliphatic rings. The van der Waals surface area contributed by atoms with E-state index in [9.17, 15) is 4.79 Å². The van der Waals surface area contributed by atoms with Gasteiger partial charge in [0.1, 0.15) is 0 Å². The Kier molecular flexibility index (Phi) is 4.06. The fourth-order valence-corrected chi connectivity index (χ4v) is 1.89. The number of benzene rings is 1. The van der Waals surface area contributed by atoms with E-state index in [2.05, 4.69) is 10.4 Å². The van der Waals surface area contributed by atoms with Gasteiger partial charge in [-0.3, -0.25) is 9.48 Å². The molecule has 3 N–H and O–H groups in total. The highest BCUT2D eigenvalue weighted by molar-refractivity contribution is 6.31. The number of amides is 1. The minimum Gasteiger partial charge on any atom is -0.396 e. The van der Waals surface area contributed by atoms with Crippen LogP contribution in [0.15, 0.2) is 30.6 Å². The number of aromatic nitrogens is 2. The topological polar surface area (TPSA) is 72.9 Å². The van der Waals surface area contributed by atoms with Gasteiger partial charge in [-0.25, -0.2) is 0 Å². The first kappa shape index (κ1) is 13.4. The second kappa shape index (κ2) is 5.75. The van der Waals surface area contributed by atoms with Crippen molar-refractivity contribution in [3.05, 3.63) is 46.7 Å². The van der Waals surface area contributed by atoms with Crippen LogP contribution in [0.3, 0.4) is 0 Å². The number of nitrogen functional groups attached to an aromatic ring is 1. The first-order valence-corrected chi connectivity index (χ1v) is 6.26. The maximum Gasteiger partial charge on any atom is 0.251 e. The van der Waals surface area contributed by atoms with E-state index in [1.165, 1.54) is 0 Å². The monoisotopic (exact) mass is 278 g/mol. The number of aryl methyl sites for hydroxylation is 1. The van der Waals surface area contributed by atoms with E-state index in [1.54, 1.807) is 29.2 Å². The van der Waals surface area contributed by atoms with Gasteiger partial charge in [-0.15, -0.1) is 0 Å². The van der Waals surface area contributed by atoms with E-state index in [-0.39, 0.29) is 5.91 Å². The highest BCUT2D eigenvalue weighted by Gasteiger charge is 2.08. The van der Waals surface area contributed by atoms with Crippen LogP contribution in [0.1, 0.15) is 15.9 Å². The summed E-state index contributed by atoms with van der Waals surface area (Å²) in [7, 11) is 0. The SMILES string of the molecule is Cc1ccc(Cl)cc1C(=O)NCCn1cc(N)cn1. The summed E-state index contributed by atoms with van der Waals surface area (Å²) in [4.78, 5) is 12.0. The summed E-state index contributed by atoms with van der Waals surface area (Å²) in [6, 6.07) is 5.25. The first-order valence-electron chi connectivity index (χ1n) is 5.88. The second-order valence-electron chi connectivity index (χ2n) is 4.25. The van der Waals surface area contributed by atoms with E-state index in [0.29, 0.717) is 29.4 Å². The van der Waals surface area contributed by atoms with Gasteiger partial charge in [0, 0.05) is 23.3 Å². The summed E-state index contributed by atoms with van der Waals surface area (Å²) in [5, 5.41) is 7.41. The summed E-state index contributed by atoms with van der Waals surface area (Å²) in [5.74, 6) is -0.139. The zero-order valence-electron chi connectivity index (χ0n) is 10.6. The molecule has 19 heavy (non-hydrogen) atoms. The molecule has 0 saturated heterocycles. The van der Waals surface area contributed by atoms with E-state index < -0.39 is 0 Å². The maximum atomic E-state index is 12.0. The van der Waals surface area contributed by atoms with Gasteiger partial charge in [-0.05, 0) is 24.6 Å². The second-order valence-corrected chi connectivity index (χ2v) is 4.69. The molecule has 0 aliphatic heterocycles. The molecule has 0 atom stereocenters. The molecule has 1 amide bonds. The lowest BCUT2D eigenvalue weighted by atomic mass is 10.1. The van der Waals surface area contributed by atoms with E-state index >= 15 is 0 Å². The lowest BCUT2D eigenvalue weighted by Gasteiger charge is -2.08. The van der Waals surface area contributed by atoms with Crippen molar-refractivity contribution in [2.45, 2.75) is 13.5 Å². The molecule has 5 nitrogen and oxygen atoms in total. The lowest BCUT2D eigenvalue weighted by molar-refractivity contribution is 0.0951. The van der Waals surface area contributed by atoms with Crippen LogP contribution in [0.5, 0.6) is 0 Å². The van der Waals surface area contributed by atoms with Crippen LogP contribution in [-0.4, -0.2) is 22.2 Å². The Balaban J connectivity index is 1.92. The van der Waals surface area contributed by atoms with Crippen molar-refractivity contribution in [3.63, 3.8) is 0 Å². The predicted octanol–water partition coefficient (Wildman–Crippen LogP) is 1.86. The number of nitrogens with one attached hydrogen (secondary N) is 1. The van der Waals surface area contributed by atoms with Crippen LogP contribution in [0.4, 0.5) is 5.69 Å². The summed E-state index contributed by atoms with van der Waals surface area (Å²) in [6.45, 7) is 2.92. The molecule has 0 saturated carbocycles. The van der Waals surface area contributed by atoms with Crippen LogP contribution in [0, 0.1) is 6.92 Å². The third-order valence-electron chi connectivity index (χ3n) is 2.72. The zero-order chi connectivity index (χ0) is 13.8. The Morgan fingerprint density at radius 1 is 1.53 bits per heavy atom. The number of nitrogens with two attached hydrogens (primary N) is 1. The molecule has 0 radical (unpaired) electrons. The molecule has 0 bridgehead atoms. The van der Waals surface area contributed by atoms with E-state index in [0.717, 1.165) is 5.56 Å². The smallest absolute Gasteiger partial charge is 0.251 e. The van der Waals surface area contributed by atoms with Crippen molar-refractivity contribution in [3.8, 4) is 0 Å². The third-order valence-corrected chi connectivity index (χ3v) is 2.96. The Morgan fingerprint density at radius 3 is 3.00 bits per heavy atom. The quantitative estimate of drug-likeness (QED) is 0.896. The largest absolute Gasteiger partial charge is 0.396 e. The predicted molar refractivity (Wildman–Crippen MR) is 75.2 cm³/mol. The number of carbonyl (C=O) groups is 1. The summed E-state index contributed by atoms with van der Waals surface area (Å²) in [6.07, 6.45) is 3.29. The molecule has 1 aromatic carbocycles. The van der Waals surface area contributed by atoms with Gasteiger partial charge in [-0.2, -0.15) is 5.10 Å². The molecular weight excluding hydrogens is 264 g/mol. The van der Waals surface area contributed by atoms with Crippen LogP contribution >= 0.6 is 11.6 Å². The van der Waals surface area contributed by atoms with Crippen LogP contribution in [-0.2, 0) is 6.54 Å². The molecule has 100 valence electrons. The molecule has 2 aromatic rings. The van der Waals surface area contributed by atoms with Crippen LogP contribution in [0.2, 0.25) is 5.02 Å². The molecule has 0 aliphatic carbocycles. The van der Waals surface area contributed by atoms with Crippen LogP contribution < -0.4 is 11.1 Å². The number of halogens is 1. The number of carbonyl (C=O) groups excluding carboxylic acids is 1. The normalized spacial score (nSPS) is 10.4. The number of hydrogen-bond acceptors (Lipinski definition) is 3. The van der Waals surface area contributed by atoms with Gasteiger partial charge in [-0.1, -0.05) is 17.7 Å². The number of anilines is 1. The molecule has 1 aromatic heterocycles. The van der Waals surface area contributed by atoms with Crippen molar-refractivity contribution < 1.29 is 4.79 Å². The molecule has 0 fully saturated rings. The Morgan fingerprint density at radius 2 is 2.32 bits per heavy atom. The minimum atomic E-state index is -0.139. The fraction of sp³-hybridized carbons (Fsp3) is 0.231. The molecule has 2 rings (SSSR count). The Labute approximate surface area is 116 Å². The zero-order valence-corrected chi connectivity index (χ0v) is 11.3. The number of rotatable bonds is 4. The minimum absolute atomic E-state index is 0.139. The van der Waals surface area contributed by atoms with Crippen molar-refractivity contribution in [1.82, 2.24) is 15.1 Å². The maximum absolute atomic E-state index is 12.0. The summed E-state index contributed by atoms with van der Waals surface area (Å²) < 4.78 is 1.68. The average Bonchev–Trinajstić information content (AvgIpc) is 2.78. The summed E-state index contributed by atoms with van der Waals surface area (Å²) >= 11 is 5.89. The number of hydrogen-bond donors (Lipinski definition) is 2. The highest BCUT2D eigenvalue weighted by Crippen LogP contribution is 2.15. The average molecular weight is 279 g/mol. The van der Waals surface area contributed by atoms with Gasteiger partial charge in [0.25, 0.3) is 5.91 Å².